The molecule has 0 aromatic rings. The van der Waals surface area contributed by atoms with E-state index in [1.54, 1.807) is 6.92 Å². The number of hydrogen-bond acceptors (Lipinski definition) is 4. The van der Waals surface area contributed by atoms with Crippen LogP contribution in [-0.4, -0.2) is 40.7 Å². The minimum Gasteiger partial charge on any atom is -0.325 e. The number of amides is 3. The van der Waals surface area contributed by atoms with E-state index in [4.69, 9.17) is 5.73 Å². The Morgan fingerprint density at radius 3 is 2.67 bits per heavy atom. The maximum Gasteiger partial charge on any atom is 0.249 e. The molecule has 0 aromatic carbocycles. The zero-order valence-corrected chi connectivity index (χ0v) is 10.6. The van der Waals surface area contributed by atoms with Crippen LogP contribution in [0, 0.1) is 0 Å². The van der Waals surface area contributed by atoms with E-state index >= 15 is 0 Å². The molecule has 0 aromatic heterocycles. The summed E-state index contributed by atoms with van der Waals surface area (Å²) in [7, 11) is 0. The molecule has 100 valence electrons. The van der Waals surface area contributed by atoms with Crippen LogP contribution in [0.25, 0.3) is 0 Å². The fraction of sp³-hybridized carbons (Fsp3) is 0.750. The van der Waals surface area contributed by atoms with Crippen LogP contribution in [0.4, 0.5) is 0 Å². The summed E-state index contributed by atoms with van der Waals surface area (Å²) < 4.78 is 0. The van der Waals surface area contributed by atoms with Gasteiger partial charge in [0.2, 0.25) is 17.7 Å². The fourth-order valence-corrected chi connectivity index (χ4v) is 2.68. The highest BCUT2D eigenvalue weighted by Gasteiger charge is 2.38. The van der Waals surface area contributed by atoms with E-state index in [0.29, 0.717) is 0 Å². The number of nitrogens with one attached hydrogen (secondary N) is 1. The van der Waals surface area contributed by atoms with Gasteiger partial charge in [-0.3, -0.25) is 19.7 Å². The van der Waals surface area contributed by atoms with E-state index in [0.717, 1.165) is 25.7 Å². The molecule has 0 spiro atoms. The lowest BCUT2D eigenvalue weighted by atomic mass is 9.93. The molecule has 1 heterocycles. The van der Waals surface area contributed by atoms with Gasteiger partial charge in [-0.05, 0) is 19.8 Å². The summed E-state index contributed by atoms with van der Waals surface area (Å²) in [6.45, 7) is 1.57. The first kappa shape index (κ1) is 13.0. The predicted octanol–water partition coefficient (Wildman–Crippen LogP) is -0.478. The summed E-state index contributed by atoms with van der Waals surface area (Å²) in [5.41, 5.74) is 5.70. The molecule has 1 unspecified atom stereocenters. The Hall–Kier alpha value is -1.43. The Bertz CT molecular complexity index is 388. The van der Waals surface area contributed by atoms with Crippen molar-refractivity contribution in [2.24, 2.45) is 5.73 Å². The van der Waals surface area contributed by atoms with Gasteiger partial charge in [0.15, 0.2) is 0 Å². The second-order valence-corrected chi connectivity index (χ2v) is 5.36. The highest BCUT2D eigenvalue weighted by atomic mass is 16.2. The molecule has 1 atom stereocenters. The first-order valence-corrected chi connectivity index (χ1v) is 6.33. The summed E-state index contributed by atoms with van der Waals surface area (Å²) >= 11 is 0. The van der Waals surface area contributed by atoms with Crippen molar-refractivity contribution < 1.29 is 14.4 Å². The third-order valence-corrected chi connectivity index (χ3v) is 3.85. The Balaban J connectivity index is 2.03. The maximum atomic E-state index is 12.2. The SMILES string of the molecule is CC1C(=O)NC(=O)CN1C(=O)CC1(N)CCCC1. The molecular formula is C12H19N3O3. The van der Waals surface area contributed by atoms with Crippen LogP contribution in [0.2, 0.25) is 0 Å². The highest BCUT2D eigenvalue weighted by molar-refractivity contribution is 6.04. The van der Waals surface area contributed by atoms with Gasteiger partial charge in [-0.15, -0.1) is 0 Å². The monoisotopic (exact) mass is 253 g/mol. The molecule has 6 nitrogen and oxygen atoms in total. The normalized spacial score (nSPS) is 27.2. The van der Waals surface area contributed by atoms with E-state index in [2.05, 4.69) is 5.32 Å². The topological polar surface area (TPSA) is 92.5 Å². The zero-order valence-electron chi connectivity index (χ0n) is 10.6. The van der Waals surface area contributed by atoms with Crippen LogP contribution in [-0.2, 0) is 14.4 Å². The van der Waals surface area contributed by atoms with Gasteiger partial charge in [0.25, 0.3) is 0 Å². The molecule has 2 rings (SSSR count). The van der Waals surface area contributed by atoms with Crippen molar-refractivity contribution in [2.75, 3.05) is 6.54 Å². The molecule has 3 amide bonds. The van der Waals surface area contributed by atoms with Crippen LogP contribution in [0.5, 0.6) is 0 Å². The molecule has 2 fully saturated rings. The van der Waals surface area contributed by atoms with Crippen LogP contribution in [0.3, 0.4) is 0 Å². The van der Waals surface area contributed by atoms with Gasteiger partial charge in [0, 0.05) is 12.0 Å². The first-order chi connectivity index (χ1) is 8.41. The van der Waals surface area contributed by atoms with Crippen LogP contribution in [0.15, 0.2) is 0 Å². The second-order valence-electron chi connectivity index (χ2n) is 5.36. The van der Waals surface area contributed by atoms with Crippen molar-refractivity contribution in [3.63, 3.8) is 0 Å². The summed E-state index contributed by atoms with van der Waals surface area (Å²) in [6, 6.07) is -0.597. The lowest BCUT2D eigenvalue weighted by molar-refractivity contribution is -0.150. The van der Waals surface area contributed by atoms with E-state index in [9.17, 15) is 14.4 Å². The van der Waals surface area contributed by atoms with Crippen molar-refractivity contribution in [3.05, 3.63) is 0 Å². The Morgan fingerprint density at radius 1 is 1.44 bits per heavy atom. The summed E-state index contributed by atoms with van der Waals surface area (Å²) in [6.07, 6.45) is 3.97. The summed E-state index contributed by atoms with van der Waals surface area (Å²) in [4.78, 5) is 36.3. The summed E-state index contributed by atoms with van der Waals surface area (Å²) in [5.74, 6) is -1.05. The number of imide groups is 1. The van der Waals surface area contributed by atoms with Gasteiger partial charge in [0.05, 0.1) is 0 Å². The molecule has 6 heteroatoms. The fourth-order valence-electron chi connectivity index (χ4n) is 2.68. The predicted molar refractivity (Wildman–Crippen MR) is 64.3 cm³/mol. The van der Waals surface area contributed by atoms with Gasteiger partial charge in [-0.1, -0.05) is 12.8 Å². The number of carbonyl (C=O) groups is 3. The Kier molecular flexibility index (Phi) is 3.38. The first-order valence-electron chi connectivity index (χ1n) is 6.33. The molecule has 0 radical (unpaired) electrons. The molecule has 2 aliphatic rings. The number of piperazine rings is 1. The number of hydrogen-bond donors (Lipinski definition) is 2. The molecule has 0 bridgehead atoms. The van der Waals surface area contributed by atoms with Crippen molar-refractivity contribution in [3.8, 4) is 0 Å². The molecule has 3 N–H and O–H groups in total. The standard InChI is InChI=1S/C12H19N3O3/c1-8-11(18)14-9(16)7-15(8)10(17)6-12(13)4-2-3-5-12/h8H,2-7,13H2,1H3,(H,14,16,18). The number of rotatable bonds is 2. The van der Waals surface area contributed by atoms with E-state index in [-0.39, 0.29) is 18.9 Å². The van der Waals surface area contributed by atoms with Crippen LogP contribution >= 0.6 is 0 Å². The molecule has 1 aliphatic heterocycles. The highest BCUT2D eigenvalue weighted by Crippen LogP contribution is 2.30. The second kappa shape index (κ2) is 4.68. The Morgan fingerprint density at radius 2 is 2.06 bits per heavy atom. The molecule has 18 heavy (non-hydrogen) atoms. The number of nitrogens with two attached hydrogens (primary N) is 1. The van der Waals surface area contributed by atoms with E-state index < -0.39 is 23.4 Å². The molecular weight excluding hydrogens is 234 g/mol. The number of nitrogens with zero attached hydrogens (tertiary/aromatic N) is 1. The van der Waals surface area contributed by atoms with E-state index in [1.807, 2.05) is 0 Å². The van der Waals surface area contributed by atoms with Crippen molar-refractivity contribution in [1.82, 2.24) is 10.2 Å². The molecule has 1 saturated carbocycles. The van der Waals surface area contributed by atoms with Crippen molar-refractivity contribution in [1.29, 1.82) is 0 Å². The number of carbonyl (C=O) groups excluding carboxylic acids is 3. The zero-order chi connectivity index (χ0) is 13.3. The van der Waals surface area contributed by atoms with Crippen LogP contribution < -0.4 is 11.1 Å². The Labute approximate surface area is 106 Å². The van der Waals surface area contributed by atoms with Gasteiger partial charge in [-0.2, -0.15) is 0 Å². The van der Waals surface area contributed by atoms with Crippen molar-refractivity contribution >= 4 is 17.7 Å². The summed E-state index contributed by atoms with van der Waals surface area (Å²) in [5, 5.41) is 2.21. The molecule has 1 saturated heterocycles. The third-order valence-electron chi connectivity index (χ3n) is 3.85. The van der Waals surface area contributed by atoms with Crippen LogP contribution in [0.1, 0.15) is 39.0 Å². The smallest absolute Gasteiger partial charge is 0.249 e. The molecule has 1 aliphatic carbocycles. The van der Waals surface area contributed by atoms with Crippen molar-refractivity contribution in [2.45, 2.75) is 50.6 Å². The van der Waals surface area contributed by atoms with Gasteiger partial charge < -0.3 is 10.6 Å². The lowest BCUT2D eigenvalue weighted by Gasteiger charge is -2.34. The van der Waals surface area contributed by atoms with E-state index in [1.165, 1.54) is 4.90 Å². The average molecular weight is 253 g/mol. The largest absolute Gasteiger partial charge is 0.325 e. The van der Waals surface area contributed by atoms with Gasteiger partial charge in [-0.25, -0.2) is 0 Å². The third kappa shape index (κ3) is 2.53. The maximum absolute atomic E-state index is 12.2. The minimum atomic E-state index is -0.597. The van der Waals surface area contributed by atoms with Gasteiger partial charge in [0.1, 0.15) is 12.6 Å². The average Bonchev–Trinajstić information content (AvgIpc) is 2.70. The minimum absolute atomic E-state index is 0.0538. The lowest BCUT2D eigenvalue weighted by Crippen LogP contribution is -2.59. The quantitative estimate of drug-likeness (QED) is 0.650. The van der Waals surface area contributed by atoms with Gasteiger partial charge >= 0.3 is 0 Å².